The van der Waals surface area contributed by atoms with Gasteiger partial charge in [-0.1, -0.05) is 6.07 Å². The molecule has 0 spiro atoms. The van der Waals surface area contributed by atoms with E-state index in [-0.39, 0.29) is 12.5 Å². The van der Waals surface area contributed by atoms with E-state index in [2.05, 4.69) is 5.32 Å². The third-order valence-electron chi connectivity index (χ3n) is 2.72. The maximum atomic E-state index is 11.7. The fourth-order valence-electron chi connectivity index (χ4n) is 1.65. The van der Waals surface area contributed by atoms with Crippen LogP contribution in [0.1, 0.15) is 12.0 Å². The minimum atomic E-state index is -0.217. The van der Waals surface area contributed by atoms with Crippen LogP contribution >= 0.6 is 0 Å². The quantitative estimate of drug-likeness (QED) is 0.506. The third kappa shape index (κ3) is 7.65. The van der Waals surface area contributed by atoms with Gasteiger partial charge >= 0.3 is 0 Å². The number of carbonyl (C=O) groups excluding carboxylic acids is 1. The zero-order valence-electron chi connectivity index (χ0n) is 12.7. The van der Waals surface area contributed by atoms with Gasteiger partial charge < -0.3 is 25.3 Å². The lowest BCUT2D eigenvalue weighted by Crippen LogP contribution is -2.19. The molecule has 0 heterocycles. The average molecular weight is 296 g/mol. The molecular weight excluding hydrogens is 272 g/mol. The average Bonchev–Trinajstić information content (AvgIpc) is 2.45. The van der Waals surface area contributed by atoms with Gasteiger partial charge in [-0.2, -0.15) is 0 Å². The molecule has 0 aliphatic carbocycles. The second-order valence-electron chi connectivity index (χ2n) is 4.65. The van der Waals surface area contributed by atoms with E-state index in [1.807, 2.05) is 19.1 Å². The molecule has 0 bridgehead atoms. The summed E-state index contributed by atoms with van der Waals surface area (Å²) in [5.41, 5.74) is 8.03. The van der Waals surface area contributed by atoms with Crippen LogP contribution < -0.4 is 11.1 Å². The SMILES string of the molecule is COCCOCCCOCC(=O)Nc1ccc(C)cc1N. The Balaban J connectivity index is 2.11. The molecule has 1 aromatic rings. The first-order valence-electron chi connectivity index (χ1n) is 6.94. The van der Waals surface area contributed by atoms with E-state index in [1.165, 1.54) is 0 Å². The molecule has 0 radical (unpaired) electrons. The van der Waals surface area contributed by atoms with Crippen LogP contribution in [0.5, 0.6) is 0 Å². The molecule has 1 rings (SSSR count). The Morgan fingerprint density at radius 3 is 2.67 bits per heavy atom. The number of nitrogens with one attached hydrogen (secondary N) is 1. The molecule has 0 aliphatic rings. The van der Waals surface area contributed by atoms with Crippen molar-refractivity contribution in [1.29, 1.82) is 0 Å². The van der Waals surface area contributed by atoms with E-state index >= 15 is 0 Å². The largest absolute Gasteiger partial charge is 0.397 e. The standard InChI is InChI=1S/C15H24N2O4/c1-12-4-5-14(13(16)10-12)17-15(18)11-21-7-3-6-20-9-8-19-2/h4-5,10H,3,6-9,11,16H2,1-2H3,(H,17,18). The Morgan fingerprint density at radius 1 is 1.19 bits per heavy atom. The zero-order valence-corrected chi connectivity index (χ0v) is 12.7. The van der Waals surface area contributed by atoms with Crippen LogP contribution in [-0.4, -0.2) is 46.1 Å². The van der Waals surface area contributed by atoms with Crippen molar-refractivity contribution in [3.8, 4) is 0 Å². The van der Waals surface area contributed by atoms with Crippen molar-refractivity contribution in [2.24, 2.45) is 0 Å². The minimum absolute atomic E-state index is 0.00534. The van der Waals surface area contributed by atoms with Crippen molar-refractivity contribution < 1.29 is 19.0 Å². The number of nitrogen functional groups attached to an aromatic ring is 1. The Kier molecular flexibility index (Phi) is 8.42. The summed E-state index contributed by atoms with van der Waals surface area (Å²) < 4.78 is 15.4. The molecular formula is C15H24N2O4. The summed E-state index contributed by atoms with van der Waals surface area (Å²) in [6, 6.07) is 5.49. The van der Waals surface area contributed by atoms with Gasteiger partial charge in [0.2, 0.25) is 5.91 Å². The van der Waals surface area contributed by atoms with Gasteiger partial charge in [0.15, 0.2) is 0 Å². The molecule has 21 heavy (non-hydrogen) atoms. The number of hydrogen-bond acceptors (Lipinski definition) is 5. The second-order valence-corrected chi connectivity index (χ2v) is 4.65. The summed E-state index contributed by atoms with van der Waals surface area (Å²) in [4.78, 5) is 11.7. The summed E-state index contributed by atoms with van der Waals surface area (Å²) >= 11 is 0. The normalized spacial score (nSPS) is 10.6. The summed E-state index contributed by atoms with van der Waals surface area (Å²) in [7, 11) is 1.63. The van der Waals surface area contributed by atoms with Gasteiger partial charge in [0.1, 0.15) is 6.61 Å². The highest BCUT2D eigenvalue weighted by molar-refractivity contribution is 5.94. The first kappa shape index (κ1) is 17.4. The highest BCUT2D eigenvalue weighted by Gasteiger charge is 2.05. The van der Waals surface area contributed by atoms with Crippen molar-refractivity contribution in [2.75, 3.05) is 51.2 Å². The van der Waals surface area contributed by atoms with Gasteiger partial charge in [-0.15, -0.1) is 0 Å². The number of hydrogen-bond donors (Lipinski definition) is 2. The van der Waals surface area contributed by atoms with E-state index in [4.69, 9.17) is 19.9 Å². The molecule has 0 saturated heterocycles. The smallest absolute Gasteiger partial charge is 0.250 e. The number of rotatable bonds is 10. The Labute approximate surface area is 125 Å². The highest BCUT2D eigenvalue weighted by atomic mass is 16.5. The van der Waals surface area contributed by atoms with E-state index < -0.39 is 0 Å². The number of amides is 1. The van der Waals surface area contributed by atoms with Gasteiger partial charge in [-0.3, -0.25) is 4.79 Å². The molecule has 0 aromatic heterocycles. The van der Waals surface area contributed by atoms with Crippen LogP contribution in [0, 0.1) is 6.92 Å². The van der Waals surface area contributed by atoms with Gasteiger partial charge in [0.05, 0.1) is 24.6 Å². The molecule has 0 saturated carbocycles. The molecule has 6 nitrogen and oxygen atoms in total. The summed E-state index contributed by atoms with van der Waals surface area (Å²) in [5, 5.41) is 2.72. The Morgan fingerprint density at radius 2 is 1.95 bits per heavy atom. The van der Waals surface area contributed by atoms with Crippen LogP contribution in [0.15, 0.2) is 18.2 Å². The van der Waals surface area contributed by atoms with Crippen LogP contribution in [0.4, 0.5) is 11.4 Å². The van der Waals surface area contributed by atoms with Gasteiger partial charge in [-0.25, -0.2) is 0 Å². The lowest BCUT2D eigenvalue weighted by atomic mass is 10.2. The van der Waals surface area contributed by atoms with E-state index in [9.17, 15) is 4.79 Å². The summed E-state index contributed by atoms with van der Waals surface area (Å²) in [5.74, 6) is -0.217. The molecule has 118 valence electrons. The second kappa shape index (κ2) is 10.1. The molecule has 0 unspecified atom stereocenters. The predicted molar refractivity (Wildman–Crippen MR) is 82.4 cm³/mol. The number of anilines is 2. The molecule has 1 aromatic carbocycles. The maximum Gasteiger partial charge on any atom is 0.250 e. The first-order chi connectivity index (χ1) is 10.1. The molecule has 3 N–H and O–H groups in total. The lowest BCUT2D eigenvalue weighted by Gasteiger charge is -2.09. The zero-order chi connectivity index (χ0) is 15.5. The monoisotopic (exact) mass is 296 g/mol. The fraction of sp³-hybridized carbons (Fsp3) is 0.533. The van der Waals surface area contributed by atoms with Crippen LogP contribution in [0.2, 0.25) is 0 Å². The van der Waals surface area contributed by atoms with Gasteiger partial charge in [-0.05, 0) is 31.0 Å². The summed E-state index contributed by atoms with van der Waals surface area (Å²) in [6.07, 6.45) is 0.740. The molecule has 1 amide bonds. The van der Waals surface area contributed by atoms with Crippen molar-refractivity contribution in [3.05, 3.63) is 23.8 Å². The topological polar surface area (TPSA) is 82.8 Å². The number of methoxy groups -OCH3 is 1. The summed E-state index contributed by atoms with van der Waals surface area (Å²) in [6.45, 7) is 4.18. The first-order valence-corrected chi connectivity index (χ1v) is 6.94. The van der Waals surface area contributed by atoms with E-state index in [1.54, 1.807) is 13.2 Å². The van der Waals surface area contributed by atoms with Crippen molar-refractivity contribution in [3.63, 3.8) is 0 Å². The molecule has 6 heteroatoms. The van der Waals surface area contributed by atoms with Gasteiger partial charge in [0.25, 0.3) is 0 Å². The predicted octanol–water partition coefficient (Wildman–Crippen LogP) is 1.59. The number of benzene rings is 1. The number of ether oxygens (including phenoxy) is 3. The van der Waals surface area contributed by atoms with Crippen molar-refractivity contribution in [1.82, 2.24) is 0 Å². The van der Waals surface area contributed by atoms with Crippen LogP contribution in [-0.2, 0) is 19.0 Å². The number of carbonyl (C=O) groups is 1. The Hall–Kier alpha value is -1.63. The Bertz CT molecular complexity index is 438. The molecule has 0 fully saturated rings. The van der Waals surface area contributed by atoms with Crippen molar-refractivity contribution >= 4 is 17.3 Å². The molecule has 0 aliphatic heterocycles. The van der Waals surface area contributed by atoms with E-state index in [0.717, 1.165) is 12.0 Å². The van der Waals surface area contributed by atoms with Gasteiger partial charge in [0, 0.05) is 20.3 Å². The number of aryl methyl sites for hydroxylation is 1. The number of nitrogens with two attached hydrogens (primary N) is 1. The maximum absolute atomic E-state index is 11.7. The van der Waals surface area contributed by atoms with E-state index in [0.29, 0.717) is 37.8 Å². The molecule has 0 atom stereocenters. The lowest BCUT2D eigenvalue weighted by molar-refractivity contribution is -0.120. The fourth-order valence-corrected chi connectivity index (χ4v) is 1.65. The third-order valence-corrected chi connectivity index (χ3v) is 2.72. The van der Waals surface area contributed by atoms with Crippen LogP contribution in [0.3, 0.4) is 0 Å². The highest BCUT2D eigenvalue weighted by Crippen LogP contribution is 2.19. The van der Waals surface area contributed by atoms with Crippen molar-refractivity contribution in [2.45, 2.75) is 13.3 Å². The minimum Gasteiger partial charge on any atom is -0.397 e. The van der Waals surface area contributed by atoms with Crippen LogP contribution in [0.25, 0.3) is 0 Å².